The van der Waals surface area contributed by atoms with Crippen LogP contribution in [-0.4, -0.2) is 22.5 Å². The topological polar surface area (TPSA) is 58.2 Å². The van der Waals surface area contributed by atoms with E-state index in [1.54, 1.807) is 18.3 Å². The van der Waals surface area contributed by atoms with E-state index < -0.39 is 0 Å². The van der Waals surface area contributed by atoms with Gasteiger partial charge in [-0.3, -0.25) is 0 Å². The molecule has 0 saturated carbocycles. The molecule has 5 nitrogen and oxygen atoms in total. The quantitative estimate of drug-likeness (QED) is 0.318. The summed E-state index contributed by atoms with van der Waals surface area (Å²) in [5.74, 6) is 0.553. The number of hydrogen-bond acceptors (Lipinski definition) is 4. The number of fused-ring (bicyclic) bond motifs is 2. The van der Waals surface area contributed by atoms with Gasteiger partial charge in [0.1, 0.15) is 17.6 Å². The molecule has 2 aliphatic rings. The second kappa shape index (κ2) is 7.39. The normalized spacial score (nSPS) is 16.8. The lowest BCUT2D eigenvalue weighted by Gasteiger charge is -2.31. The molecule has 0 spiro atoms. The molecule has 1 unspecified atom stereocenters. The number of carbonyl (C=O) groups is 1. The first kappa shape index (κ1) is 18.9. The molecule has 156 valence electrons. The molecule has 3 heterocycles. The molecule has 2 aromatic heterocycles. The van der Waals surface area contributed by atoms with Crippen molar-refractivity contribution in [2.45, 2.75) is 6.04 Å². The Kier molecular flexibility index (Phi) is 4.37. The third-order valence-electron chi connectivity index (χ3n) is 5.95. The van der Waals surface area contributed by atoms with Crippen molar-refractivity contribution in [2.75, 3.05) is 11.5 Å². The molecule has 32 heavy (non-hydrogen) atoms. The first-order chi connectivity index (χ1) is 15.7. The Morgan fingerprint density at radius 3 is 2.72 bits per heavy atom. The van der Waals surface area contributed by atoms with E-state index in [1.807, 2.05) is 36.4 Å². The van der Waals surface area contributed by atoms with E-state index in [1.165, 1.54) is 11.1 Å². The molecular formula is C26H18ClN3O2. The minimum atomic E-state index is -0.328. The van der Waals surface area contributed by atoms with Gasteiger partial charge in [0.2, 0.25) is 0 Å². The molecule has 1 atom stereocenters. The van der Waals surface area contributed by atoms with Crippen molar-refractivity contribution in [3.8, 4) is 11.1 Å². The number of rotatable bonds is 4. The van der Waals surface area contributed by atoms with E-state index in [-0.39, 0.29) is 18.6 Å². The number of cyclic esters (lactones) is 1. The van der Waals surface area contributed by atoms with E-state index >= 15 is 0 Å². The van der Waals surface area contributed by atoms with Crippen LogP contribution in [0, 0.1) is 0 Å². The van der Waals surface area contributed by atoms with Gasteiger partial charge in [0, 0.05) is 34.3 Å². The fourth-order valence-corrected chi connectivity index (χ4v) is 4.66. The Labute approximate surface area is 189 Å². The summed E-state index contributed by atoms with van der Waals surface area (Å²) < 4.78 is 5.31. The van der Waals surface area contributed by atoms with Crippen LogP contribution in [0.2, 0.25) is 5.15 Å². The number of esters is 1. The van der Waals surface area contributed by atoms with Gasteiger partial charge >= 0.3 is 5.97 Å². The molecule has 0 bridgehead atoms. The molecule has 1 aliphatic heterocycles. The molecule has 0 radical (unpaired) electrons. The summed E-state index contributed by atoms with van der Waals surface area (Å²) in [6, 6.07) is 20.1. The highest BCUT2D eigenvalue weighted by Gasteiger charge is 2.33. The minimum Gasteiger partial charge on any atom is -0.456 e. The number of para-hydroxylation sites is 1. The van der Waals surface area contributed by atoms with Crippen molar-refractivity contribution in [3.05, 3.63) is 101 Å². The number of halogens is 1. The van der Waals surface area contributed by atoms with Crippen LogP contribution in [0.5, 0.6) is 0 Å². The number of aromatic nitrogens is 2. The van der Waals surface area contributed by atoms with Crippen LogP contribution in [0.1, 0.15) is 17.2 Å². The van der Waals surface area contributed by atoms with E-state index in [9.17, 15) is 4.79 Å². The molecule has 6 heteroatoms. The average molecular weight is 440 g/mol. The average Bonchev–Trinajstić information content (AvgIpc) is 3.53. The summed E-state index contributed by atoms with van der Waals surface area (Å²) in [7, 11) is 0. The summed E-state index contributed by atoms with van der Waals surface area (Å²) >= 11 is 6.07. The summed E-state index contributed by atoms with van der Waals surface area (Å²) in [5.41, 5.74) is 6.08. The first-order valence-electron chi connectivity index (χ1n) is 10.4. The molecule has 1 aliphatic carbocycles. The second-order valence-electron chi connectivity index (χ2n) is 7.81. The smallest absolute Gasteiger partial charge is 0.333 e. The first-order valence-corrected chi connectivity index (χ1v) is 10.7. The van der Waals surface area contributed by atoms with Gasteiger partial charge in [-0.2, -0.15) is 0 Å². The molecule has 0 saturated heterocycles. The van der Waals surface area contributed by atoms with Crippen LogP contribution in [0.15, 0.2) is 84.7 Å². The maximum Gasteiger partial charge on any atom is 0.333 e. The third kappa shape index (κ3) is 3.01. The van der Waals surface area contributed by atoms with Gasteiger partial charge in [-0.25, -0.2) is 9.78 Å². The molecule has 0 amide bonds. The zero-order valence-electron chi connectivity index (χ0n) is 17.0. The fourth-order valence-electron chi connectivity index (χ4n) is 4.54. The molecule has 1 N–H and O–H groups in total. The van der Waals surface area contributed by atoms with Gasteiger partial charge in [0.25, 0.3) is 0 Å². The van der Waals surface area contributed by atoms with E-state index in [0.29, 0.717) is 5.15 Å². The Morgan fingerprint density at radius 2 is 1.91 bits per heavy atom. The van der Waals surface area contributed by atoms with E-state index in [2.05, 4.69) is 45.2 Å². The highest BCUT2D eigenvalue weighted by molar-refractivity contribution is 6.29. The van der Waals surface area contributed by atoms with Crippen LogP contribution in [0.4, 0.5) is 5.82 Å². The number of anilines is 1. The number of nitrogens with zero attached hydrogens (tertiary/aromatic N) is 2. The monoisotopic (exact) mass is 439 g/mol. The minimum absolute atomic E-state index is 0.0842. The van der Waals surface area contributed by atoms with Gasteiger partial charge in [-0.1, -0.05) is 66.2 Å². The van der Waals surface area contributed by atoms with Gasteiger partial charge in [-0.05, 0) is 29.3 Å². The third-order valence-corrected chi connectivity index (χ3v) is 6.17. The summed E-state index contributed by atoms with van der Waals surface area (Å²) in [6.07, 6.45) is 7.63. The van der Waals surface area contributed by atoms with Crippen molar-refractivity contribution in [1.29, 1.82) is 0 Å². The molecule has 6 rings (SSSR count). The van der Waals surface area contributed by atoms with Crippen LogP contribution in [-0.2, 0) is 9.53 Å². The number of pyridine rings is 1. The lowest BCUT2D eigenvalue weighted by atomic mass is 10.0. The summed E-state index contributed by atoms with van der Waals surface area (Å²) in [4.78, 5) is 22.1. The Balaban J connectivity index is 1.61. The van der Waals surface area contributed by atoms with Crippen molar-refractivity contribution < 1.29 is 9.53 Å². The van der Waals surface area contributed by atoms with Crippen molar-refractivity contribution in [3.63, 3.8) is 0 Å². The molecule has 2 aromatic carbocycles. The number of carbonyl (C=O) groups excluding carboxylic acids is 1. The zero-order chi connectivity index (χ0) is 21.7. The predicted octanol–water partition coefficient (Wildman–Crippen LogP) is 5.90. The Hall–Kier alpha value is -3.83. The lowest BCUT2D eigenvalue weighted by molar-refractivity contribution is -0.134. The summed E-state index contributed by atoms with van der Waals surface area (Å²) in [6.45, 7) is 0.221. The number of hydrogen-bond donors (Lipinski definition) is 1. The second-order valence-corrected chi connectivity index (χ2v) is 8.20. The van der Waals surface area contributed by atoms with Gasteiger partial charge < -0.3 is 14.6 Å². The molecular weight excluding hydrogens is 422 g/mol. The number of ether oxygens (including phenoxy) is 1. The number of benzene rings is 2. The maximum absolute atomic E-state index is 12.0. The molecule has 4 aromatic rings. The fraction of sp³-hybridized carbons (Fsp3) is 0.0769. The number of nitrogens with one attached hydrogen (secondary N) is 1. The predicted molar refractivity (Wildman–Crippen MR) is 126 cm³/mol. The van der Waals surface area contributed by atoms with Crippen molar-refractivity contribution >= 4 is 40.4 Å². The van der Waals surface area contributed by atoms with Crippen LogP contribution in [0.3, 0.4) is 0 Å². The maximum atomic E-state index is 12.0. The van der Waals surface area contributed by atoms with Gasteiger partial charge in [0.05, 0.1) is 11.7 Å². The van der Waals surface area contributed by atoms with Crippen molar-refractivity contribution in [2.24, 2.45) is 0 Å². The van der Waals surface area contributed by atoms with Crippen LogP contribution in [0.25, 0.3) is 28.1 Å². The van der Waals surface area contributed by atoms with Crippen LogP contribution < -0.4 is 4.90 Å². The highest BCUT2D eigenvalue weighted by atomic mass is 35.5. The van der Waals surface area contributed by atoms with Gasteiger partial charge in [0.15, 0.2) is 0 Å². The van der Waals surface area contributed by atoms with E-state index in [0.717, 1.165) is 33.5 Å². The van der Waals surface area contributed by atoms with Crippen LogP contribution >= 0.6 is 11.6 Å². The Morgan fingerprint density at radius 1 is 1.06 bits per heavy atom. The Bertz CT molecular complexity index is 1420. The lowest BCUT2D eigenvalue weighted by Crippen LogP contribution is -2.28. The van der Waals surface area contributed by atoms with Crippen molar-refractivity contribution in [1.82, 2.24) is 9.97 Å². The largest absolute Gasteiger partial charge is 0.456 e. The molecule has 0 fully saturated rings. The number of aromatic amines is 1. The summed E-state index contributed by atoms with van der Waals surface area (Å²) in [5, 5.41) is 1.51. The van der Waals surface area contributed by atoms with Gasteiger partial charge in [-0.15, -0.1) is 0 Å². The number of H-pyrrole nitrogens is 1. The van der Waals surface area contributed by atoms with E-state index in [4.69, 9.17) is 16.3 Å². The standard InChI is InChI=1S/C26H18ClN3O2/c27-23-12-10-17(14-28-23)25-20-7-3-4-8-21(20)29-26(25)30(18-13-24(31)32-15-18)22-11-9-16-5-1-2-6-19(16)22/h1-14,22,29H,15H2. The highest BCUT2D eigenvalue weighted by Crippen LogP contribution is 2.45. The zero-order valence-corrected chi connectivity index (χ0v) is 17.7. The SMILES string of the molecule is O=C1C=C(N(c2[nH]c3ccccc3c2-c2ccc(Cl)nc2)C2C=Cc3ccccc32)CO1.